The van der Waals surface area contributed by atoms with Crippen LogP contribution >= 0.6 is 0 Å². The Morgan fingerprint density at radius 3 is 2.68 bits per heavy atom. The first kappa shape index (κ1) is 17.4. The minimum Gasteiger partial charge on any atom is -0.384 e. The number of ether oxygens (including phenoxy) is 1. The van der Waals surface area contributed by atoms with E-state index in [9.17, 15) is 9.59 Å². The maximum Gasteiger partial charge on any atom is 0.252 e. The van der Waals surface area contributed by atoms with Crippen molar-refractivity contribution in [1.82, 2.24) is 10.3 Å². The smallest absolute Gasteiger partial charge is 0.252 e. The van der Waals surface area contributed by atoms with Gasteiger partial charge in [-0.25, -0.2) is 4.98 Å². The summed E-state index contributed by atoms with van der Waals surface area (Å²) >= 11 is 0. The number of fused-ring (bicyclic) bond motifs is 1. The molecule has 1 aliphatic carbocycles. The normalized spacial score (nSPS) is 15.4. The van der Waals surface area contributed by atoms with E-state index in [2.05, 4.69) is 15.6 Å². The highest BCUT2D eigenvalue weighted by Crippen LogP contribution is 2.42. The maximum absolute atomic E-state index is 12.7. The van der Waals surface area contributed by atoms with Gasteiger partial charge in [0.2, 0.25) is 5.91 Å². The Bertz CT molecular complexity index is 800. The highest BCUT2D eigenvalue weighted by molar-refractivity contribution is 6.08. The lowest BCUT2D eigenvalue weighted by Gasteiger charge is -2.39. The first-order valence-corrected chi connectivity index (χ1v) is 8.58. The molecule has 2 amide bonds. The molecule has 1 aromatic heterocycles. The Balaban J connectivity index is 1.94. The van der Waals surface area contributed by atoms with Gasteiger partial charge in [-0.1, -0.05) is 24.6 Å². The van der Waals surface area contributed by atoms with Crippen LogP contribution in [0.15, 0.2) is 30.3 Å². The van der Waals surface area contributed by atoms with Crippen LogP contribution in [0.2, 0.25) is 0 Å². The number of carbonyl (C=O) groups is 2. The van der Waals surface area contributed by atoms with Gasteiger partial charge in [0.25, 0.3) is 5.91 Å². The second kappa shape index (κ2) is 7.19. The fourth-order valence-electron chi connectivity index (χ4n) is 3.25. The SMILES string of the molecule is CCNC(=O)c1cc(NC(=O)C2(COC)CCC2)nc2ccccc12. The molecule has 0 saturated heterocycles. The summed E-state index contributed by atoms with van der Waals surface area (Å²) in [7, 11) is 1.61. The van der Waals surface area contributed by atoms with Crippen LogP contribution in [-0.4, -0.2) is 37.1 Å². The zero-order valence-corrected chi connectivity index (χ0v) is 14.6. The van der Waals surface area contributed by atoms with E-state index < -0.39 is 5.41 Å². The lowest BCUT2D eigenvalue weighted by Crippen LogP contribution is -2.45. The second-order valence-electron chi connectivity index (χ2n) is 6.45. The van der Waals surface area contributed by atoms with Crippen molar-refractivity contribution in [3.05, 3.63) is 35.9 Å². The highest BCUT2D eigenvalue weighted by atomic mass is 16.5. The Kier molecular flexibility index (Phi) is 4.99. The lowest BCUT2D eigenvalue weighted by molar-refractivity contribution is -0.134. The monoisotopic (exact) mass is 341 g/mol. The zero-order valence-electron chi connectivity index (χ0n) is 14.6. The highest BCUT2D eigenvalue weighted by Gasteiger charge is 2.44. The molecule has 0 radical (unpaired) electrons. The molecule has 0 atom stereocenters. The number of hydrogen-bond acceptors (Lipinski definition) is 4. The van der Waals surface area contributed by atoms with E-state index in [0.717, 1.165) is 24.6 Å². The van der Waals surface area contributed by atoms with E-state index in [0.29, 0.717) is 30.0 Å². The van der Waals surface area contributed by atoms with Crippen LogP contribution in [0.3, 0.4) is 0 Å². The zero-order chi connectivity index (χ0) is 17.9. The second-order valence-corrected chi connectivity index (χ2v) is 6.45. The number of methoxy groups -OCH3 is 1. The number of carbonyl (C=O) groups excluding carboxylic acids is 2. The summed E-state index contributed by atoms with van der Waals surface area (Å²) in [4.78, 5) is 29.6. The average Bonchev–Trinajstić information content (AvgIpc) is 2.57. The first-order valence-electron chi connectivity index (χ1n) is 8.58. The molecule has 1 saturated carbocycles. The van der Waals surface area contributed by atoms with Gasteiger partial charge in [-0.05, 0) is 31.9 Å². The largest absolute Gasteiger partial charge is 0.384 e. The number of anilines is 1. The number of para-hydroxylation sites is 1. The third-order valence-corrected chi connectivity index (χ3v) is 4.75. The molecule has 2 aromatic rings. The summed E-state index contributed by atoms with van der Waals surface area (Å²) in [5, 5.41) is 6.46. The molecule has 25 heavy (non-hydrogen) atoms. The number of amides is 2. The van der Waals surface area contributed by atoms with Crippen LogP contribution in [0, 0.1) is 5.41 Å². The van der Waals surface area contributed by atoms with Gasteiger partial charge in [0.05, 0.1) is 23.1 Å². The molecule has 0 unspecified atom stereocenters. The molecule has 0 bridgehead atoms. The van der Waals surface area contributed by atoms with E-state index in [-0.39, 0.29) is 11.8 Å². The van der Waals surface area contributed by atoms with E-state index in [1.807, 2.05) is 31.2 Å². The van der Waals surface area contributed by atoms with Crippen molar-refractivity contribution in [2.45, 2.75) is 26.2 Å². The van der Waals surface area contributed by atoms with Gasteiger partial charge in [0, 0.05) is 19.0 Å². The molecule has 1 aromatic carbocycles. The van der Waals surface area contributed by atoms with Crippen LogP contribution in [0.25, 0.3) is 10.9 Å². The van der Waals surface area contributed by atoms with Crippen molar-refractivity contribution >= 4 is 28.5 Å². The van der Waals surface area contributed by atoms with Gasteiger partial charge >= 0.3 is 0 Å². The van der Waals surface area contributed by atoms with Crippen molar-refractivity contribution in [3.8, 4) is 0 Å². The third-order valence-electron chi connectivity index (χ3n) is 4.75. The Morgan fingerprint density at radius 2 is 2.04 bits per heavy atom. The topological polar surface area (TPSA) is 80.3 Å². The molecule has 2 N–H and O–H groups in total. The molecular formula is C19H23N3O3. The quantitative estimate of drug-likeness (QED) is 0.846. The van der Waals surface area contributed by atoms with Crippen LogP contribution in [0.5, 0.6) is 0 Å². The molecular weight excluding hydrogens is 318 g/mol. The van der Waals surface area contributed by atoms with Crippen molar-refractivity contribution in [1.29, 1.82) is 0 Å². The Labute approximate surface area is 147 Å². The minimum atomic E-state index is -0.478. The number of nitrogens with one attached hydrogen (secondary N) is 2. The predicted octanol–water partition coefficient (Wildman–Crippen LogP) is 2.74. The summed E-state index contributed by atoms with van der Waals surface area (Å²) in [6.07, 6.45) is 2.64. The van der Waals surface area contributed by atoms with E-state index in [1.54, 1.807) is 13.2 Å². The number of hydrogen-bond donors (Lipinski definition) is 2. The van der Waals surface area contributed by atoms with Crippen molar-refractivity contribution < 1.29 is 14.3 Å². The fraction of sp³-hybridized carbons (Fsp3) is 0.421. The number of nitrogens with zero attached hydrogens (tertiary/aromatic N) is 1. The van der Waals surface area contributed by atoms with Gasteiger partial charge < -0.3 is 15.4 Å². The average molecular weight is 341 g/mol. The lowest BCUT2D eigenvalue weighted by atomic mass is 9.68. The number of pyridine rings is 1. The van der Waals surface area contributed by atoms with E-state index >= 15 is 0 Å². The molecule has 3 rings (SSSR count). The fourth-order valence-corrected chi connectivity index (χ4v) is 3.25. The predicted molar refractivity (Wildman–Crippen MR) is 96.5 cm³/mol. The van der Waals surface area contributed by atoms with Crippen LogP contribution in [0.1, 0.15) is 36.5 Å². The summed E-state index contributed by atoms with van der Waals surface area (Å²) in [5.74, 6) is 0.129. The van der Waals surface area contributed by atoms with Crippen molar-refractivity contribution in [2.75, 3.05) is 25.6 Å². The van der Waals surface area contributed by atoms with Gasteiger partial charge in [0.15, 0.2) is 0 Å². The first-order chi connectivity index (χ1) is 12.1. The van der Waals surface area contributed by atoms with Crippen LogP contribution in [-0.2, 0) is 9.53 Å². The summed E-state index contributed by atoms with van der Waals surface area (Å²) in [5.41, 5.74) is 0.710. The molecule has 0 spiro atoms. The number of aromatic nitrogens is 1. The van der Waals surface area contributed by atoms with Crippen LogP contribution < -0.4 is 10.6 Å². The molecule has 132 valence electrons. The van der Waals surface area contributed by atoms with Crippen molar-refractivity contribution in [3.63, 3.8) is 0 Å². The minimum absolute atomic E-state index is 0.0924. The molecule has 1 fully saturated rings. The van der Waals surface area contributed by atoms with Gasteiger partial charge in [-0.3, -0.25) is 9.59 Å². The molecule has 6 nitrogen and oxygen atoms in total. The molecule has 6 heteroatoms. The standard InChI is InChI=1S/C19H23N3O3/c1-3-20-17(23)14-11-16(21-15-8-5-4-7-13(14)15)22-18(24)19(12-25-2)9-6-10-19/h4-5,7-8,11H,3,6,9-10,12H2,1-2H3,(H,20,23)(H,21,22,24). The molecule has 1 aliphatic rings. The van der Waals surface area contributed by atoms with E-state index in [4.69, 9.17) is 4.74 Å². The Morgan fingerprint density at radius 1 is 1.28 bits per heavy atom. The molecule has 1 heterocycles. The Hall–Kier alpha value is -2.47. The third kappa shape index (κ3) is 3.35. The van der Waals surface area contributed by atoms with Gasteiger partial charge in [0.1, 0.15) is 5.82 Å². The summed E-state index contributed by atoms with van der Waals surface area (Å²) in [6, 6.07) is 9.07. The van der Waals surface area contributed by atoms with Crippen LogP contribution in [0.4, 0.5) is 5.82 Å². The molecule has 0 aliphatic heterocycles. The van der Waals surface area contributed by atoms with E-state index in [1.165, 1.54) is 0 Å². The summed E-state index contributed by atoms with van der Waals surface area (Å²) in [6.45, 7) is 2.80. The number of rotatable bonds is 6. The van der Waals surface area contributed by atoms with Gasteiger partial charge in [-0.15, -0.1) is 0 Å². The summed E-state index contributed by atoms with van der Waals surface area (Å²) < 4.78 is 5.23. The van der Waals surface area contributed by atoms with Crippen molar-refractivity contribution in [2.24, 2.45) is 5.41 Å². The maximum atomic E-state index is 12.7. The van der Waals surface area contributed by atoms with Gasteiger partial charge in [-0.2, -0.15) is 0 Å². The number of benzene rings is 1.